The summed E-state index contributed by atoms with van der Waals surface area (Å²) >= 11 is 0. The van der Waals surface area contributed by atoms with Crippen molar-refractivity contribution in [1.29, 1.82) is 0 Å². The lowest BCUT2D eigenvalue weighted by Crippen LogP contribution is -1.95. The second kappa shape index (κ2) is 8.15. The number of nitrogens with zero attached hydrogens (tertiary/aromatic N) is 4. The smallest absolute Gasteiger partial charge is 0.153 e. The molecule has 0 aliphatic heterocycles. The fraction of sp³-hybridized carbons (Fsp3) is 0.100. The summed E-state index contributed by atoms with van der Waals surface area (Å²) in [7, 11) is 0. The first-order valence-corrected chi connectivity index (χ1v) is 8.74. The average Bonchev–Trinajstić information content (AvgIpc) is 2.68. The molecule has 0 aliphatic rings. The maximum atomic E-state index is 6.38. The molecule has 0 atom stereocenters. The molecular formula is C20H20ClN7O. The van der Waals surface area contributed by atoms with Crippen LogP contribution in [0.3, 0.4) is 0 Å². The molecule has 0 amide bonds. The number of nitrogen functional groups attached to an aromatic ring is 3. The van der Waals surface area contributed by atoms with Crippen molar-refractivity contribution >= 4 is 62.9 Å². The minimum Gasteiger partial charge on any atom is -0.494 e. The number of aromatic nitrogens is 2. The Bertz CT molecular complexity index is 1230. The second-order valence-electron chi connectivity index (χ2n) is 6.18. The molecule has 0 radical (unpaired) electrons. The summed E-state index contributed by atoms with van der Waals surface area (Å²) in [5.74, 6) is 1.33. The molecule has 4 rings (SSSR count). The van der Waals surface area contributed by atoms with Crippen LogP contribution in [0.15, 0.2) is 58.8 Å². The van der Waals surface area contributed by atoms with Crippen LogP contribution in [0.2, 0.25) is 0 Å². The number of halogens is 1. The van der Waals surface area contributed by atoms with Crippen LogP contribution in [0.5, 0.6) is 5.75 Å². The van der Waals surface area contributed by atoms with Crippen molar-refractivity contribution in [2.45, 2.75) is 6.92 Å². The van der Waals surface area contributed by atoms with Gasteiger partial charge in [-0.2, -0.15) is 5.11 Å². The van der Waals surface area contributed by atoms with E-state index in [2.05, 4.69) is 15.2 Å². The van der Waals surface area contributed by atoms with Gasteiger partial charge in [0.2, 0.25) is 0 Å². The Hall–Kier alpha value is -3.65. The lowest BCUT2D eigenvalue weighted by molar-refractivity contribution is 0.341. The van der Waals surface area contributed by atoms with Crippen LogP contribution in [0.1, 0.15) is 6.92 Å². The lowest BCUT2D eigenvalue weighted by Gasteiger charge is -2.09. The highest BCUT2D eigenvalue weighted by molar-refractivity contribution is 6.07. The van der Waals surface area contributed by atoms with Crippen molar-refractivity contribution in [2.75, 3.05) is 23.8 Å². The van der Waals surface area contributed by atoms with E-state index in [1.165, 1.54) is 0 Å². The first-order chi connectivity index (χ1) is 13.5. The minimum absolute atomic E-state index is 0. The molecule has 2 aromatic heterocycles. The van der Waals surface area contributed by atoms with Crippen molar-refractivity contribution in [3.8, 4) is 5.75 Å². The largest absolute Gasteiger partial charge is 0.494 e. The predicted molar refractivity (Wildman–Crippen MR) is 119 cm³/mol. The van der Waals surface area contributed by atoms with Gasteiger partial charge in [0.05, 0.1) is 29.0 Å². The molecule has 0 unspecified atom stereocenters. The molecule has 0 bridgehead atoms. The van der Waals surface area contributed by atoms with E-state index in [0.29, 0.717) is 29.5 Å². The summed E-state index contributed by atoms with van der Waals surface area (Å²) in [6.07, 6.45) is 0. The van der Waals surface area contributed by atoms with Gasteiger partial charge < -0.3 is 21.9 Å². The molecule has 2 aromatic carbocycles. The van der Waals surface area contributed by atoms with Crippen LogP contribution in [-0.2, 0) is 0 Å². The summed E-state index contributed by atoms with van der Waals surface area (Å²) in [5, 5.41) is 10.1. The standard InChI is InChI=1S/C20H19N7O.ClH/c1-2-28-12-4-6-15-14(10-12)19(22)13-5-3-11(9-17(13)24-15)26-27-16-7-8-18(21)25-20(16)23;/h3-10H,2H2,1H3,(H2,22,24)(H4,21,23,25);1H. The lowest BCUT2D eigenvalue weighted by atomic mass is 10.1. The summed E-state index contributed by atoms with van der Waals surface area (Å²) in [6, 6.07) is 14.5. The summed E-state index contributed by atoms with van der Waals surface area (Å²) in [5.41, 5.74) is 21.0. The Morgan fingerprint density at radius 3 is 2.45 bits per heavy atom. The summed E-state index contributed by atoms with van der Waals surface area (Å²) < 4.78 is 5.56. The molecule has 8 nitrogen and oxygen atoms in total. The zero-order valence-electron chi connectivity index (χ0n) is 15.7. The zero-order valence-corrected chi connectivity index (χ0v) is 16.5. The molecule has 0 aliphatic carbocycles. The number of hydrogen-bond donors (Lipinski definition) is 3. The number of fused-ring (bicyclic) bond motifs is 2. The summed E-state index contributed by atoms with van der Waals surface area (Å²) in [6.45, 7) is 2.53. The molecule has 29 heavy (non-hydrogen) atoms. The Labute approximate surface area is 173 Å². The third-order valence-corrected chi connectivity index (χ3v) is 4.28. The third kappa shape index (κ3) is 3.97. The average molecular weight is 410 g/mol. The van der Waals surface area contributed by atoms with E-state index in [1.807, 2.05) is 43.3 Å². The number of pyridine rings is 2. The van der Waals surface area contributed by atoms with Gasteiger partial charge in [0.1, 0.15) is 17.3 Å². The molecule has 9 heteroatoms. The predicted octanol–water partition coefficient (Wildman–Crippen LogP) is 4.77. The fourth-order valence-corrected chi connectivity index (χ4v) is 2.94. The highest BCUT2D eigenvalue weighted by Gasteiger charge is 2.09. The highest BCUT2D eigenvalue weighted by atomic mass is 35.5. The maximum absolute atomic E-state index is 6.38. The van der Waals surface area contributed by atoms with E-state index in [4.69, 9.17) is 26.9 Å². The van der Waals surface area contributed by atoms with Crippen LogP contribution < -0.4 is 21.9 Å². The Balaban J connectivity index is 0.00000240. The normalized spacial score (nSPS) is 11.1. The molecule has 0 saturated carbocycles. The minimum atomic E-state index is 0. The number of anilines is 3. The quantitative estimate of drug-likeness (QED) is 0.328. The Morgan fingerprint density at radius 1 is 0.862 bits per heavy atom. The van der Waals surface area contributed by atoms with Crippen LogP contribution in [0.25, 0.3) is 21.8 Å². The highest BCUT2D eigenvalue weighted by Crippen LogP contribution is 2.33. The van der Waals surface area contributed by atoms with E-state index in [0.717, 1.165) is 27.6 Å². The zero-order chi connectivity index (χ0) is 19.7. The van der Waals surface area contributed by atoms with Crippen LogP contribution in [0, 0.1) is 0 Å². The number of ether oxygens (including phenoxy) is 1. The first kappa shape index (κ1) is 20.1. The molecule has 2 heterocycles. The maximum Gasteiger partial charge on any atom is 0.153 e. The molecule has 0 fully saturated rings. The summed E-state index contributed by atoms with van der Waals surface area (Å²) in [4.78, 5) is 8.66. The van der Waals surface area contributed by atoms with Crippen LogP contribution >= 0.6 is 12.4 Å². The first-order valence-electron chi connectivity index (χ1n) is 8.74. The topological polar surface area (TPSA) is 138 Å². The molecular weight excluding hydrogens is 390 g/mol. The van der Waals surface area contributed by atoms with Gasteiger partial charge in [-0.05, 0) is 55.5 Å². The molecule has 4 aromatic rings. The van der Waals surface area contributed by atoms with Gasteiger partial charge in [0.15, 0.2) is 5.82 Å². The van der Waals surface area contributed by atoms with Gasteiger partial charge in [-0.15, -0.1) is 17.5 Å². The van der Waals surface area contributed by atoms with Gasteiger partial charge in [0.25, 0.3) is 0 Å². The van der Waals surface area contributed by atoms with E-state index >= 15 is 0 Å². The molecule has 6 N–H and O–H groups in total. The monoisotopic (exact) mass is 409 g/mol. The van der Waals surface area contributed by atoms with E-state index in [9.17, 15) is 0 Å². The Morgan fingerprint density at radius 2 is 1.69 bits per heavy atom. The van der Waals surface area contributed by atoms with Gasteiger partial charge >= 0.3 is 0 Å². The van der Waals surface area contributed by atoms with E-state index in [-0.39, 0.29) is 18.2 Å². The third-order valence-electron chi connectivity index (χ3n) is 4.28. The number of benzene rings is 2. The molecule has 148 valence electrons. The van der Waals surface area contributed by atoms with Crippen LogP contribution in [-0.4, -0.2) is 16.6 Å². The van der Waals surface area contributed by atoms with E-state index < -0.39 is 0 Å². The Kier molecular flexibility index (Phi) is 5.65. The number of nitrogens with two attached hydrogens (primary N) is 3. The van der Waals surface area contributed by atoms with Crippen molar-refractivity contribution in [1.82, 2.24) is 9.97 Å². The van der Waals surface area contributed by atoms with Crippen molar-refractivity contribution in [3.63, 3.8) is 0 Å². The van der Waals surface area contributed by atoms with Gasteiger partial charge in [-0.3, -0.25) is 0 Å². The number of azo groups is 1. The SMILES string of the molecule is CCOc1ccc2nc3cc(N=Nc4ccc(N)nc4N)ccc3c(N)c2c1.Cl. The van der Waals surface area contributed by atoms with Crippen molar-refractivity contribution < 1.29 is 4.74 Å². The van der Waals surface area contributed by atoms with Gasteiger partial charge in [-0.1, -0.05) is 0 Å². The fourth-order valence-electron chi connectivity index (χ4n) is 2.94. The van der Waals surface area contributed by atoms with Crippen molar-refractivity contribution in [2.24, 2.45) is 10.2 Å². The number of hydrogen-bond acceptors (Lipinski definition) is 8. The van der Waals surface area contributed by atoms with Crippen LogP contribution in [0.4, 0.5) is 28.7 Å². The van der Waals surface area contributed by atoms with Gasteiger partial charge in [-0.25, -0.2) is 9.97 Å². The second-order valence-corrected chi connectivity index (χ2v) is 6.18. The van der Waals surface area contributed by atoms with Crippen molar-refractivity contribution in [3.05, 3.63) is 48.5 Å². The molecule has 0 saturated heterocycles. The molecule has 0 spiro atoms. The van der Waals surface area contributed by atoms with E-state index in [1.54, 1.807) is 12.1 Å². The van der Waals surface area contributed by atoms with Gasteiger partial charge in [0, 0.05) is 10.8 Å². The number of rotatable bonds is 4.